The molecule has 2 atom stereocenters. The van der Waals surface area contributed by atoms with Crippen LogP contribution in [0.5, 0.6) is 0 Å². The summed E-state index contributed by atoms with van der Waals surface area (Å²) in [5, 5.41) is 7.84. The normalized spacial score (nSPS) is 20.2. The number of benzene rings is 1. The highest BCUT2D eigenvalue weighted by atomic mass is 19.4. The number of oxime groups is 1. The number of rotatable bonds is 3. The van der Waals surface area contributed by atoms with Crippen molar-refractivity contribution in [2.45, 2.75) is 25.1 Å². The van der Waals surface area contributed by atoms with E-state index in [4.69, 9.17) is 9.36 Å². The van der Waals surface area contributed by atoms with Crippen LogP contribution in [-0.4, -0.2) is 15.9 Å². The number of pyridine rings is 1. The topological polar surface area (TPSA) is 60.5 Å². The highest BCUT2D eigenvalue weighted by Gasteiger charge is 2.49. The molecular formula is C22H16F3N3O2. The van der Waals surface area contributed by atoms with E-state index in [1.54, 1.807) is 18.2 Å². The quantitative estimate of drug-likeness (QED) is 0.576. The van der Waals surface area contributed by atoms with Crippen LogP contribution in [0, 0.1) is 5.92 Å². The zero-order chi connectivity index (χ0) is 20.9. The molecular weight excluding hydrogens is 395 g/mol. The van der Waals surface area contributed by atoms with Gasteiger partial charge in [-0.1, -0.05) is 47.2 Å². The van der Waals surface area contributed by atoms with Crippen LogP contribution in [0.15, 0.2) is 58.9 Å². The fourth-order valence-electron chi connectivity index (χ4n) is 4.12. The van der Waals surface area contributed by atoms with Crippen molar-refractivity contribution >= 4 is 11.8 Å². The van der Waals surface area contributed by atoms with Crippen molar-refractivity contribution in [1.29, 1.82) is 0 Å². The van der Waals surface area contributed by atoms with Crippen LogP contribution in [0.2, 0.25) is 0 Å². The Labute approximate surface area is 169 Å². The minimum atomic E-state index is -4.68. The molecule has 2 aromatic heterocycles. The molecule has 152 valence electrons. The maximum Gasteiger partial charge on any atom is 0.422 e. The Balaban J connectivity index is 1.55. The maximum absolute atomic E-state index is 14.0. The molecule has 5 rings (SSSR count). The second-order valence-electron chi connectivity index (χ2n) is 7.25. The third-order valence-electron chi connectivity index (χ3n) is 5.51. The summed E-state index contributed by atoms with van der Waals surface area (Å²) in [5.74, 6) is -0.712. The lowest BCUT2D eigenvalue weighted by Crippen LogP contribution is -2.25. The average Bonchev–Trinajstić information content (AvgIpc) is 3.38. The molecule has 1 aliphatic heterocycles. The second-order valence-corrected chi connectivity index (χ2v) is 7.25. The number of aryl methyl sites for hydroxylation is 1. The predicted octanol–water partition coefficient (Wildman–Crippen LogP) is 5.44. The van der Waals surface area contributed by atoms with Gasteiger partial charge in [0.25, 0.3) is 0 Å². The molecule has 3 aromatic rings. The molecule has 1 aromatic carbocycles. The molecule has 8 heteroatoms. The Morgan fingerprint density at radius 1 is 1.17 bits per heavy atom. The minimum absolute atomic E-state index is 0.0879. The number of alkyl halides is 3. The molecule has 0 amide bonds. The van der Waals surface area contributed by atoms with Gasteiger partial charge in [0.2, 0.25) is 0 Å². The van der Waals surface area contributed by atoms with Crippen molar-refractivity contribution in [1.82, 2.24) is 10.1 Å². The molecule has 3 heterocycles. The minimum Gasteiger partial charge on any atom is -0.383 e. The highest BCUT2D eigenvalue weighted by Crippen LogP contribution is 2.47. The molecule has 0 radical (unpaired) electrons. The van der Waals surface area contributed by atoms with Gasteiger partial charge in [-0.15, -0.1) is 0 Å². The first kappa shape index (κ1) is 18.6. The molecule has 0 saturated heterocycles. The summed E-state index contributed by atoms with van der Waals surface area (Å²) in [7, 11) is 0. The zero-order valence-corrected chi connectivity index (χ0v) is 15.7. The lowest BCUT2D eigenvalue weighted by atomic mass is 9.78. The summed E-state index contributed by atoms with van der Waals surface area (Å²) in [5.41, 5.74) is 2.37. The van der Waals surface area contributed by atoms with E-state index in [2.05, 4.69) is 21.9 Å². The SMILES string of the molecule is C=Cc1ccc2c(c1)CCC1C2=NOC1c1onc(-c2ccccn2)c1C(F)(F)F. The summed E-state index contributed by atoms with van der Waals surface area (Å²) >= 11 is 0. The van der Waals surface area contributed by atoms with Gasteiger partial charge in [0.15, 0.2) is 11.9 Å². The molecule has 1 aliphatic carbocycles. The third kappa shape index (κ3) is 2.91. The van der Waals surface area contributed by atoms with Crippen molar-refractivity contribution in [2.24, 2.45) is 11.1 Å². The molecule has 0 bridgehead atoms. The van der Waals surface area contributed by atoms with Crippen LogP contribution in [0.3, 0.4) is 0 Å². The smallest absolute Gasteiger partial charge is 0.383 e. The van der Waals surface area contributed by atoms with E-state index in [1.165, 1.54) is 12.3 Å². The van der Waals surface area contributed by atoms with E-state index in [9.17, 15) is 13.2 Å². The maximum atomic E-state index is 14.0. The first-order valence-electron chi connectivity index (χ1n) is 9.45. The standard InChI is InChI=1S/C22H16F3N3O2/c1-2-12-6-8-14-13(11-12)7-9-15-18(14)27-29-20(15)21-17(22(23,24)25)19(28-30-21)16-5-3-4-10-26-16/h2-6,8,10-11,15,20H,1,7,9H2. The van der Waals surface area contributed by atoms with Gasteiger partial charge >= 0.3 is 6.18 Å². The third-order valence-corrected chi connectivity index (χ3v) is 5.51. The molecule has 30 heavy (non-hydrogen) atoms. The van der Waals surface area contributed by atoms with Gasteiger partial charge in [-0.25, -0.2) is 0 Å². The van der Waals surface area contributed by atoms with Gasteiger partial charge in [0, 0.05) is 11.8 Å². The summed E-state index contributed by atoms with van der Waals surface area (Å²) < 4.78 is 47.2. The fraction of sp³-hybridized carbons (Fsp3) is 0.227. The van der Waals surface area contributed by atoms with Gasteiger partial charge < -0.3 is 9.36 Å². The largest absolute Gasteiger partial charge is 0.422 e. The molecule has 2 aliphatic rings. The Hall–Kier alpha value is -3.42. The van der Waals surface area contributed by atoms with Crippen molar-refractivity contribution in [3.63, 3.8) is 0 Å². The van der Waals surface area contributed by atoms with Crippen LogP contribution < -0.4 is 0 Å². The number of fused-ring (bicyclic) bond motifs is 3. The number of nitrogens with zero attached hydrogens (tertiary/aromatic N) is 3. The van der Waals surface area contributed by atoms with Gasteiger partial charge in [0.1, 0.15) is 11.3 Å². The Morgan fingerprint density at radius 3 is 2.77 bits per heavy atom. The van der Waals surface area contributed by atoms with Gasteiger partial charge in [-0.2, -0.15) is 13.2 Å². The van der Waals surface area contributed by atoms with Gasteiger partial charge in [0.05, 0.1) is 17.3 Å². The Bertz CT molecular complexity index is 1150. The molecule has 2 unspecified atom stereocenters. The van der Waals surface area contributed by atoms with E-state index < -0.39 is 17.8 Å². The summed E-state index contributed by atoms with van der Waals surface area (Å²) in [4.78, 5) is 9.49. The Kier molecular flexibility index (Phi) is 4.23. The number of halogens is 3. The highest BCUT2D eigenvalue weighted by molar-refractivity contribution is 6.05. The zero-order valence-electron chi connectivity index (χ0n) is 15.7. The summed E-state index contributed by atoms with van der Waals surface area (Å²) in [6.07, 6.45) is -1.22. The predicted molar refractivity (Wildman–Crippen MR) is 103 cm³/mol. The van der Waals surface area contributed by atoms with Crippen molar-refractivity contribution in [3.8, 4) is 11.4 Å². The summed E-state index contributed by atoms with van der Waals surface area (Å²) in [6, 6.07) is 10.5. The first-order valence-corrected chi connectivity index (χ1v) is 9.45. The van der Waals surface area contributed by atoms with Crippen LogP contribution in [0.1, 0.15) is 40.5 Å². The first-order chi connectivity index (χ1) is 14.5. The van der Waals surface area contributed by atoms with Gasteiger partial charge in [-0.3, -0.25) is 4.98 Å². The van der Waals surface area contributed by atoms with Crippen molar-refractivity contribution < 1.29 is 22.5 Å². The average molecular weight is 411 g/mol. The monoisotopic (exact) mass is 411 g/mol. The fourth-order valence-corrected chi connectivity index (χ4v) is 4.12. The van der Waals surface area contributed by atoms with E-state index in [1.807, 2.05) is 18.2 Å². The Morgan fingerprint density at radius 2 is 2.03 bits per heavy atom. The number of hydrogen-bond donors (Lipinski definition) is 0. The molecule has 0 N–H and O–H groups in total. The molecule has 5 nitrogen and oxygen atoms in total. The summed E-state index contributed by atoms with van der Waals surface area (Å²) in [6.45, 7) is 3.77. The van der Waals surface area contributed by atoms with E-state index in [-0.39, 0.29) is 23.1 Å². The van der Waals surface area contributed by atoms with E-state index in [0.29, 0.717) is 18.6 Å². The number of aromatic nitrogens is 2. The lowest BCUT2D eigenvalue weighted by molar-refractivity contribution is -0.140. The van der Waals surface area contributed by atoms with Gasteiger partial charge in [-0.05, 0) is 36.1 Å². The van der Waals surface area contributed by atoms with Crippen LogP contribution in [0.25, 0.3) is 17.5 Å². The van der Waals surface area contributed by atoms with Crippen LogP contribution in [-0.2, 0) is 17.4 Å². The van der Waals surface area contributed by atoms with E-state index in [0.717, 1.165) is 16.7 Å². The van der Waals surface area contributed by atoms with E-state index >= 15 is 0 Å². The molecule has 0 spiro atoms. The van der Waals surface area contributed by atoms with Crippen molar-refractivity contribution in [3.05, 3.63) is 77.2 Å². The second kappa shape index (κ2) is 6.83. The molecule has 0 saturated carbocycles. The molecule has 0 fully saturated rings. The van der Waals surface area contributed by atoms with Crippen LogP contribution in [0.4, 0.5) is 13.2 Å². The van der Waals surface area contributed by atoms with Crippen molar-refractivity contribution in [2.75, 3.05) is 0 Å². The number of hydrogen-bond acceptors (Lipinski definition) is 5. The van der Waals surface area contributed by atoms with Crippen LogP contribution >= 0.6 is 0 Å². The lowest BCUT2D eigenvalue weighted by Gasteiger charge is -2.24.